The second-order valence-electron chi connectivity index (χ2n) is 3.24. The van der Waals surface area contributed by atoms with Gasteiger partial charge < -0.3 is 20.2 Å². The average molecular weight is 225 g/mol. The van der Waals surface area contributed by atoms with Crippen LogP contribution < -0.4 is 10.6 Å². The van der Waals surface area contributed by atoms with Crippen LogP contribution in [0.3, 0.4) is 0 Å². The van der Waals surface area contributed by atoms with E-state index in [1.807, 2.05) is 19.1 Å². The number of guanidine groups is 1. The van der Waals surface area contributed by atoms with Gasteiger partial charge in [0.1, 0.15) is 5.76 Å². The highest BCUT2D eigenvalue weighted by atomic mass is 16.3. The van der Waals surface area contributed by atoms with Gasteiger partial charge in [0.25, 0.3) is 0 Å². The molecule has 1 aromatic rings. The maximum Gasteiger partial charge on any atom is 0.191 e. The molecule has 1 heterocycles. The molecule has 0 bridgehead atoms. The summed E-state index contributed by atoms with van der Waals surface area (Å²) < 4.78 is 5.22. The van der Waals surface area contributed by atoms with Gasteiger partial charge in [0.2, 0.25) is 0 Å². The number of furan rings is 1. The Hall–Kier alpha value is -1.49. The van der Waals surface area contributed by atoms with E-state index in [9.17, 15) is 0 Å². The molecule has 1 rings (SSSR count). The van der Waals surface area contributed by atoms with Crippen molar-refractivity contribution in [2.45, 2.75) is 13.3 Å². The van der Waals surface area contributed by atoms with Gasteiger partial charge in [-0.3, -0.25) is 4.99 Å². The summed E-state index contributed by atoms with van der Waals surface area (Å²) >= 11 is 0. The van der Waals surface area contributed by atoms with Crippen LogP contribution in [-0.4, -0.2) is 37.3 Å². The average Bonchev–Trinajstić information content (AvgIpc) is 2.79. The molecule has 0 amide bonds. The first-order valence-corrected chi connectivity index (χ1v) is 5.52. The number of nitrogens with one attached hydrogen (secondary N) is 2. The first kappa shape index (κ1) is 12.6. The molecule has 0 radical (unpaired) electrons. The Morgan fingerprint density at radius 3 is 3.00 bits per heavy atom. The molecule has 0 saturated carbocycles. The molecule has 90 valence electrons. The van der Waals surface area contributed by atoms with Crippen molar-refractivity contribution >= 4 is 5.96 Å². The van der Waals surface area contributed by atoms with Gasteiger partial charge >= 0.3 is 0 Å². The highest BCUT2D eigenvalue weighted by Crippen LogP contribution is 1.99. The third-order valence-electron chi connectivity index (χ3n) is 1.96. The van der Waals surface area contributed by atoms with Crippen molar-refractivity contribution in [1.29, 1.82) is 0 Å². The molecule has 0 unspecified atom stereocenters. The number of aliphatic hydroxyl groups is 1. The summed E-state index contributed by atoms with van der Waals surface area (Å²) in [7, 11) is 0. The highest BCUT2D eigenvalue weighted by molar-refractivity contribution is 5.79. The molecule has 0 aromatic carbocycles. The fourth-order valence-electron chi connectivity index (χ4n) is 1.26. The van der Waals surface area contributed by atoms with E-state index in [2.05, 4.69) is 15.6 Å². The molecule has 0 atom stereocenters. The minimum Gasteiger partial charge on any atom is -0.469 e. The SMILES string of the molecule is CCNC(=NCCO)NCCc1ccco1. The predicted molar refractivity (Wildman–Crippen MR) is 63.5 cm³/mol. The van der Waals surface area contributed by atoms with Crippen LogP contribution in [0.4, 0.5) is 0 Å². The van der Waals surface area contributed by atoms with Crippen molar-refractivity contribution in [2.24, 2.45) is 4.99 Å². The highest BCUT2D eigenvalue weighted by Gasteiger charge is 1.98. The lowest BCUT2D eigenvalue weighted by molar-refractivity contribution is 0.306. The molecule has 0 aliphatic heterocycles. The van der Waals surface area contributed by atoms with E-state index in [4.69, 9.17) is 9.52 Å². The Balaban J connectivity index is 2.26. The van der Waals surface area contributed by atoms with Crippen LogP contribution in [0.15, 0.2) is 27.8 Å². The standard InChI is InChI=1S/C11H19N3O2/c1-2-12-11(14-7-8-15)13-6-5-10-4-3-9-16-10/h3-4,9,15H,2,5-8H2,1H3,(H2,12,13,14). The monoisotopic (exact) mass is 225 g/mol. The predicted octanol–water partition coefficient (Wildman–Crippen LogP) is 0.369. The van der Waals surface area contributed by atoms with Crippen molar-refractivity contribution in [2.75, 3.05) is 26.2 Å². The summed E-state index contributed by atoms with van der Waals surface area (Å²) in [6.07, 6.45) is 2.48. The minimum atomic E-state index is 0.0642. The van der Waals surface area contributed by atoms with Crippen LogP contribution in [0.5, 0.6) is 0 Å². The molecular weight excluding hydrogens is 206 g/mol. The first-order valence-electron chi connectivity index (χ1n) is 5.52. The Kier molecular flexibility index (Phi) is 6.10. The molecule has 5 heteroatoms. The Morgan fingerprint density at radius 1 is 1.50 bits per heavy atom. The number of hydrogen-bond acceptors (Lipinski definition) is 3. The van der Waals surface area contributed by atoms with Crippen LogP contribution in [0, 0.1) is 0 Å². The number of rotatable bonds is 6. The van der Waals surface area contributed by atoms with Crippen LogP contribution in [0.2, 0.25) is 0 Å². The van der Waals surface area contributed by atoms with Gasteiger partial charge in [-0.25, -0.2) is 0 Å². The maximum atomic E-state index is 8.68. The Bertz CT molecular complexity index is 296. The third kappa shape index (κ3) is 4.84. The molecule has 0 fully saturated rings. The van der Waals surface area contributed by atoms with Gasteiger partial charge in [-0.1, -0.05) is 0 Å². The molecule has 0 saturated heterocycles. The lowest BCUT2D eigenvalue weighted by Crippen LogP contribution is -2.38. The summed E-state index contributed by atoms with van der Waals surface area (Å²) in [6.45, 7) is 4.04. The van der Waals surface area contributed by atoms with Crippen LogP contribution in [-0.2, 0) is 6.42 Å². The first-order chi connectivity index (χ1) is 7.86. The van der Waals surface area contributed by atoms with E-state index in [-0.39, 0.29) is 6.61 Å². The summed E-state index contributed by atoms with van der Waals surface area (Å²) in [5, 5.41) is 14.9. The second kappa shape index (κ2) is 7.76. The number of nitrogens with zero attached hydrogens (tertiary/aromatic N) is 1. The fourth-order valence-corrected chi connectivity index (χ4v) is 1.26. The lowest BCUT2D eigenvalue weighted by atomic mass is 10.3. The van der Waals surface area contributed by atoms with Gasteiger partial charge in [0, 0.05) is 19.5 Å². The topological polar surface area (TPSA) is 69.8 Å². The van der Waals surface area contributed by atoms with E-state index in [0.717, 1.165) is 31.2 Å². The zero-order valence-electron chi connectivity index (χ0n) is 9.57. The molecular formula is C11H19N3O2. The number of aliphatic hydroxyl groups excluding tert-OH is 1. The van der Waals surface area contributed by atoms with Crippen LogP contribution in [0.25, 0.3) is 0 Å². The number of aliphatic imine (C=N–C) groups is 1. The second-order valence-corrected chi connectivity index (χ2v) is 3.24. The van der Waals surface area contributed by atoms with E-state index in [1.54, 1.807) is 6.26 Å². The van der Waals surface area contributed by atoms with Gasteiger partial charge in [-0.05, 0) is 19.1 Å². The van der Waals surface area contributed by atoms with Crippen LogP contribution >= 0.6 is 0 Å². The summed E-state index contributed by atoms with van der Waals surface area (Å²) in [5.74, 6) is 1.67. The van der Waals surface area contributed by atoms with Gasteiger partial charge in [0.05, 0.1) is 19.4 Å². The maximum absolute atomic E-state index is 8.68. The van der Waals surface area contributed by atoms with E-state index >= 15 is 0 Å². The zero-order chi connectivity index (χ0) is 11.6. The van der Waals surface area contributed by atoms with Crippen LogP contribution in [0.1, 0.15) is 12.7 Å². The molecule has 0 aliphatic rings. The van der Waals surface area contributed by atoms with Crippen molar-refractivity contribution in [3.8, 4) is 0 Å². The summed E-state index contributed by atoms with van der Waals surface area (Å²) in [6, 6.07) is 3.82. The van der Waals surface area contributed by atoms with Crippen molar-refractivity contribution in [1.82, 2.24) is 10.6 Å². The lowest BCUT2D eigenvalue weighted by Gasteiger charge is -2.09. The largest absolute Gasteiger partial charge is 0.469 e. The van der Waals surface area contributed by atoms with Gasteiger partial charge in [-0.15, -0.1) is 0 Å². The van der Waals surface area contributed by atoms with E-state index in [1.165, 1.54) is 0 Å². The quantitative estimate of drug-likeness (QED) is 0.483. The van der Waals surface area contributed by atoms with Crippen molar-refractivity contribution < 1.29 is 9.52 Å². The zero-order valence-corrected chi connectivity index (χ0v) is 9.57. The molecule has 1 aromatic heterocycles. The minimum absolute atomic E-state index is 0.0642. The summed E-state index contributed by atoms with van der Waals surface area (Å²) in [5.41, 5.74) is 0. The van der Waals surface area contributed by atoms with Gasteiger partial charge in [-0.2, -0.15) is 0 Å². The smallest absolute Gasteiger partial charge is 0.191 e. The molecule has 16 heavy (non-hydrogen) atoms. The molecule has 0 aliphatic carbocycles. The molecule has 5 nitrogen and oxygen atoms in total. The van der Waals surface area contributed by atoms with Crippen molar-refractivity contribution in [3.63, 3.8) is 0 Å². The van der Waals surface area contributed by atoms with Crippen molar-refractivity contribution in [3.05, 3.63) is 24.2 Å². The Labute approximate surface area is 95.6 Å². The fraction of sp³-hybridized carbons (Fsp3) is 0.545. The third-order valence-corrected chi connectivity index (χ3v) is 1.96. The number of hydrogen-bond donors (Lipinski definition) is 3. The molecule has 3 N–H and O–H groups in total. The molecule has 0 spiro atoms. The van der Waals surface area contributed by atoms with E-state index in [0.29, 0.717) is 6.54 Å². The van der Waals surface area contributed by atoms with Gasteiger partial charge in [0.15, 0.2) is 5.96 Å². The summed E-state index contributed by atoms with van der Waals surface area (Å²) in [4.78, 5) is 4.16. The normalized spacial score (nSPS) is 11.5. The van der Waals surface area contributed by atoms with E-state index < -0.39 is 0 Å². The Morgan fingerprint density at radius 2 is 2.38 bits per heavy atom.